The minimum absolute atomic E-state index is 0.248. The van der Waals surface area contributed by atoms with Gasteiger partial charge in [-0.25, -0.2) is 4.79 Å². The summed E-state index contributed by atoms with van der Waals surface area (Å²) in [5, 5.41) is 5.47. The molecule has 0 fully saturated rings. The zero-order chi connectivity index (χ0) is 37.7. The van der Waals surface area contributed by atoms with Crippen LogP contribution in [0.2, 0.25) is 0 Å². The number of alkyl carbamates (subject to hydrolysis) is 1. The number of esters is 1. The molecule has 3 rings (SSSR count). The number of benzene rings is 3. The van der Waals surface area contributed by atoms with E-state index in [0.29, 0.717) is 19.8 Å². The first-order chi connectivity index (χ1) is 23.9. The Morgan fingerprint density at radius 1 is 0.745 bits per heavy atom. The Kier molecular flexibility index (Phi) is 14.9. The highest BCUT2D eigenvalue weighted by molar-refractivity contribution is 5.89. The molecule has 3 aromatic rings. The third kappa shape index (κ3) is 15.1. The van der Waals surface area contributed by atoms with Crippen molar-refractivity contribution in [2.45, 2.75) is 118 Å². The topological polar surface area (TPSA) is 112 Å². The molecular formula is C42H58N2O7. The molecule has 0 aromatic heterocycles. The van der Waals surface area contributed by atoms with E-state index < -0.39 is 35.2 Å². The number of hydrogen-bond donors (Lipinski definition) is 2. The van der Waals surface area contributed by atoms with Crippen molar-refractivity contribution >= 4 is 18.0 Å². The van der Waals surface area contributed by atoms with Gasteiger partial charge in [-0.3, -0.25) is 9.59 Å². The number of aryl methyl sites for hydroxylation is 1. The van der Waals surface area contributed by atoms with Gasteiger partial charge in [0, 0.05) is 18.2 Å². The summed E-state index contributed by atoms with van der Waals surface area (Å²) in [4.78, 5) is 38.3. The second-order valence-electron chi connectivity index (χ2n) is 15.6. The summed E-state index contributed by atoms with van der Waals surface area (Å²) in [6.45, 7) is 18.1. The van der Waals surface area contributed by atoms with Gasteiger partial charge < -0.3 is 29.6 Å². The van der Waals surface area contributed by atoms with Gasteiger partial charge in [0.05, 0.1) is 13.0 Å². The Morgan fingerprint density at radius 2 is 1.37 bits per heavy atom. The molecule has 0 aliphatic rings. The zero-order valence-electron chi connectivity index (χ0n) is 32.0. The van der Waals surface area contributed by atoms with Gasteiger partial charge in [0.25, 0.3) is 0 Å². The normalized spacial score (nSPS) is 12.4. The van der Waals surface area contributed by atoms with Crippen LogP contribution in [0.25, 0.3) is 11.1 Å². The van der Waals surface area contributed by atoms with Crippen LogP contribution in [-0.2, 0) is 32.1 Å². The van der Waals surface area contributed by atoms with E-state index in [4.69, 9.17) is 18.9 Å². The summed E-state index contributed by atoms with van der Waals surface area (Å²) >= 11 is 0. The van der Waals surface area contributed by atoms with Gasteiger partial charge in [-0.1, -0.05) is 81.4 Å². The molecule has 2 amide bonds. The van der Waals surface area contributed by atoms with Crippen molar-refractivity contribution < 1.29 is 33.3 Å². The monoisotopic (exact) mass is 702 g/mol. The number of unbranched alkanes of at least 4 members (excludes halogenated alkanes) is 1. The quantitative estimate of drug-likeness (QED) is 0.107. The van der Waals surface area contributed by atoms with Crippen LogP contribution in [0.3, 0.4) is 0 Å². The lowest BCUT2D eigenvalue weighted by atomic mass is 9.87. The summed E-state index contributed by atoms with van der Waals surface area (Å²) in [5.74, 6) is 0.536. The smallest absolute Gasteiger partial charge is 0.408 e. The van der Waals surface area contributed by atoms with Crippen LogP contribution in [0.15, 0.2) is 72.8 Å². The second kappa shape index (κ2) is 18.6. The molecule has 0 spiro atoms. The number of hydrogen-bond acceptors (Lipinski definition) is 7. The molecule has 3 aromatic carbocycles. The van der Waals surface area contributed by atoms with E-state index in [1.54, 1.807) is 41.5 Å². The Bertz CT molecular complexity index is 1530. The summed E-state index contributed by atoms with van der Waals surface area (Å²) in [5.41, 5.74) is 2.60. The van der Waals surface area contributed by atoms with Gasteiger partial charge in [-0.15, -0.1) is 0 Å². The van der Waals surface area contributed by atoms with Gasteiger partial charge in [0.1, 0.15) is 35.3 Å². The summed E-state index contributed by atoms with van der Waals surface area (Å²) < 4.78 is 23.5. The molecule has 1 atom stereocenters. The van der Waals surface area contributed by atoms with Crippen molar-refractivity contribution in [1.82, 2.24) is 10.6 Å². The Morgan fingerprint density at radius 3 is 1.98 bits per heavy atom. The molecule has 0 saturated heterocycles. The molecule has 0 radical (unpaired) electrons. The molecule has 0 aliphatic carbocycles. The van der Waals surface area contributed by atoms with Crippen molar-refractivity contribution in [3.05, 3.63) is 83.9 Å². The molecule has 0 heterocycles. The average molecular weight is 703 g/mol. The van der Waals surface area contributed by atoms with E-state index in [-0.39, 0.29) is 11.8 Å². The molecule has 2 N–H and O–H groups in total. The number of carbonyl (C=O) groups excluding carboxylic acids is 3. The number of amides is 2. The van der Waals surface area contributed by atoms with E-state index in [2.05, 4.69) is 61.7 Å². The standard InChI is InChI=1S/C42H58N2O7/c1-10-31-25-33(32-21-15-12-16-22-32)36(49-28-30-19-13-11-14-20-30)27-35(31)48-24-18-17-23-42(8,9)29-43-38(46)34(26-37(45)50-40(2,3)4)44-39(47)51-41(5,6)7/h11-16,19-22,25,27,34H,10,17-18,23-24,26,28-29H2,1-9H3,(H,43,46)(H,44,47)/t34-/m0/s1. The van der Waals surface area contributed by atoms with Crippen LogP contribution < -0.4 is 20.1 Å². The van der Waals surface area contributed by atoms with Crippen molar-refractivity contribution in [2.75, 3.05) is 13.2 Å². The Hall–Kier alpha value is -4.53. The number of carbonyl (C=O) groups is 3. The highest BCUT2D eigenvalue weighted by Gasteiger charge is 2.30. The highest BCUT2D eigenvalue weighted by atomic mass is 16.6. The number of ether oxygens (including phenoxy) is 4. The fourth-order valence-electron chi connectivity index (χ4n) is 5.35. The van der Waals surface area contributed by atoms with Crippen LogP contribution in [0.5, 0.6) is 11.5 Å². The van der Waals surface area contributed by atoms with E-state index >= 15 is 0 Å². The Balaban J connectivity index is 1.58. The number of nitrogens with one attached hydrogen (secondary N) is 2. The lowest BCUT2D eigenvalue weighted by Crippen LogP contribution is -2.51. The molecule has 278 valence electrons. The lowest BCUT2D eigenvalue weighted by molar-refractivity contribution is -0.156. The fourth-order valence-corrected chi connectivity index (χ4v) is 5.35. The van der Waals surface area contributed by atoms with E-state index in [1.165, 1.54) is 0 Å². The number of rotatable bonds is 17. The van der Waals surface area contributed by atoms with Crippen LogP contribution in [0.4, 0.5) is 4.79 Å². The predicted molar refractivity (Wildman–Crippen MR) is 202 cm³/mol. The zero-order valence-corrected chi connectivity index (χ0v) is 32.0. The summed E-state index contributed by atoms with van der Waals surface area (Å²) in [7, 11) is 0. The third-order valence-electron chi connectivity index (χ3n) is 7.91. The van der Waals surface area contributed by atoms with Crippen molar-refractivity contribution in [2.24, 2.45) is 5.41 Å². The largest absolute Gasteiger partial charge is 0.493 e. The SMILES string of the molecule is CCc1cc(-c2ccccc2)c(OCc2ccccc2)cc1OCCCCC(C)(C)CNC(=O)[C@H](CC(=O)OC(C)(C)C)NC(=O)OC(C)(C)C. The molecule has 9 heteroatoms. The first-order valence-corrected chi connectivity index (χ1v) is 18.0. The third-order valence-corrected chi connectivity index (χ3v) is 7.91. The van der Waals surface area contributed by atoms with Crippen molar-refractivity contribution in [1.29, 1.82) is 0 Å². The van der Waals surface area contributed by atoms with Gasteiger partial charge >= 0.3 is 12.1 Å². The molecule has 9 nitrogen and oxygen atoms in total. The molecule has 0 unspecified atom stereocenters. The van der Waals surface area contributed by atoms with Crippen LogP contribution >= 0.6 is 0 Å². The lowest BCUT2D eigenvalue weighted by Gasteiger charge is -2.28. The average Bonchev–Trinajstić information content (AvgIpc) is 3.05. The van der Waals surface area contributed by atoms with E-state index in [9.17, 15) is 14.4 Å². The minimum Gasteiger partial charge on any atom is -0.493 e. The van der Waals surface area contributed by atoms with E-state index in [0.717, 1.165) is 59.4 Å². The maximum absolute atomic E-state index is 13.2. The molecule has 51 heavy (non-hydrogen) atoms. The molecule has 0 saturated carbocycles. The van der Waals surface area contributed by atoms with Gasteiger partial charge in [0.2, 0.25) is 5.91 Å². The van der Waals surface area contributed by atoms with Crippen LogP contribution in [0.1, 0.15) is 99.1 Å². The molecular weight excluding hydrogens is 644 g/mol. The van der Waals surface area contributed by atoms with Crippen LogP contribution in [-0.4, -0.2) is 48.4 Å². The van der Waals surface area contributed by atoms with Gasteiger partial charge in [-0.2, -0.15) is 0 Å². The maximum atomic E-state index is 13.2. The highest BCUT2D eigenvalue weighted by Crippen LogP contribution is 2.37. The summed E-state index contributed by atoms with van der Waals surface area (Å²) in [6, 6.07) is 23.4. The molecule has 0 aliphatic heterocycles. The second-order valence-corrected chi connectivity index (χ2v) is 15.6. The minimum atomic E-state index is -1.14. The van der Waals surface area contributed by atoms with Crippen molar-refractivity contribution in [3.8, 4) is 22.6 Å². The first kappa shape index (κ1) is 40.9. The van der Waals surface area contributed by atoms with Gasteiger partial charge in [0.15, 0.2) is 0 Å². The summed E-state index contributed by atoms with van der Waals surface area (Å²) in [6.07, 6.45) is 2.25. The van der Waals surface area contributed by atoms with Crippen molar-refractivity contribution in [3.63, 3.8) is 0 Å². The van der Waals surface area contributed by atoms with E-state index in [1.807, 2.05) is 42.5 Å². The first-order valence-electron chi connectivity index (χ1n) is 18.0. The fraction of sp³-hybridized carbons (Fsp3) is 0.500. The predicted octanol–water partition coefficient (Wildman–Crippen LogP) is 8.81. The van der Waals surface area contributed by atoms with Crippen LogP contribution in [0, 0.1) is 5.41 Å². The van der Waals surface area contributed by atoms with Gasteiger partial charge in [-0.05, 0) is 95.4 Å². The maximum Gasteiger partial charge on any atom is 0.408 e. The molecule has 0 bridgehead atoms. The Labute approximate surface area is 304 Å².